The molecule has 0 unspecified atom stereocenters. The van der Waals surface area contributed by atoms with Crippen molar-refractivity contribution >= 4 is 37.6 Å². The molecule has 1 amide bonds. The third kappa shape index (κ3) is 7.12. The summed E-state index contributed by atoms with van der Waals surface area (Å²) in [7, 11) is -4.66. The highest BCUT2D eigenvalue weighted by Gasteiger charge is 2.26. The number of hydrogen-bond acceptors (Lipinski definition) is 5. The number of nitrogens with one attached hydrogen (secondary N) is 2. The Kier molecular flexibility index (Phi) is 8.68. The summed E-state index contributed by atoms with van der Waals surface area (Å²) in [4.78, 5) is 13.2. The summed E-state index contributed by atoms with van der Waals surface area (Å²) in [5, 5.41) is 3.13. The fraction of sp³-hybridized carbons (Fsp3) is 0.208. The minimum atomic E-state index is -4.00. The number of sulfonamides is 2. The van der Waals surface area contributed by atoms with Crippen LogP contribution in [0.4, 0.5) is 0 Å². The van der Waals surface area contributed by atoms with E-state index in [2.05, 4.69) is 10.0 Å². The van der Waals surface area contributed by atoms with Gasteiger partial charge in [0.15, 0.2) is 0 Å². The van der Waals surface area contributed by atoms with E-state index < -0.39 is 32.0 Å². The molecule has 0 saturated carbocycles. The van der Waals surface area contributed by atoms with Crippen molar-refractivity contribution in [2.75, 3.05) is 14.1 Å². The molecule has 0 spiro atoms. The molecular weight excluding hydrogens is 510 g/mol. The minimum absolute atomic E-state index is 0.00884. The highest BCUT2D eigenvalue weighted by Crippen LogP contribution is 2.16. The van der Waals surface area contributed by atoms with Crippen molar-refractivity contribution in [1.29, 1.82) is 0 Å². The number of benzene rings is 3. The highest BCUT2D eigenvalue weighted by molar-refractivity contribution is 7.89. The summed E-state index contributed by atoms with van der Waals surface area (Å²) in [6, 6.07) is 19.7. The minimum Gasteiger partial charge on any atom is -0.351 e. The number of hydrogen-bond donors (Lipinski definition) is 2. The normalized spacial score (nSPS) is 12.9. The second kappa shape index (κ2) is 11.3. The highest BCUT2D eigenvalue weighted by atomic mass is 35.5. The number of nitrogens with zero attached hydrogens (tertiary/aromatic N) is 1. The molecular formula is C24H26ClN3O5S2. The second-order valence-corrected chi connectivity index (χ2v) is 12.3. The molecule has 8 nitrogen and oxygen atoms in total. The Labute approximate surface area is 211 Å². The Morgan fingerprint density at radius 3 is 1.97 bits per heavy atom. The lowest BCUT2D eigenvalue weighted by molar-refractivity contribution is -0.122. The summed E-state index contributed by atoms with van der Waals surface area (Å²) >= 11 is 5.86. The summed E-state index contributed by atoms with van der Waals surface area (Å²) in [6.07, 6.45) is 0.138. The van der Waals surface area contributed by atoms with Crippen LogP contribution in [0.1, 0.15) is 11.1 Å². The van der Waals surface area contributed by atoms with Crippen LogP contribution in [-0.2, 0) is 37.8 Å². The van der Waals surface area contributed by atoms with E-state index in [1.807, 2.05) is 6.07 Å². The summed E-state index contributed by atoms with van der Waals surface area (Å²) in [5.74, 6) is -0.517. The number of amides is 1. The van der Waals surface area contributed by atoms with E-state index in [9.17, 15) is 21.6 Å². The van der Waals surface area contributed by atoms with Gasteiger partial charge in [-0.15, -0.1) is 0 Å². The van der Waals surface area contributed by atoms with Crippen LogP contribution in [0.2, 0.25) is 5.02 Å². The van der Waals surface area contributed by atoms with Gasteiger partial charge in [0.1, 0.15) is 6.04 Å². The van der Waals surface area contributed by atoms with Gasteiger partial charge < -0.3 is 5.32 Å². The Balaban J connectivity index is 1.76. The molecule has 0 heterocycles. The van der Waals surface area contributed by atoms with E-state index >= 15 is 0 Å². The Hall–Kier alpha value is -2.76. The van der Waals surface area contributed by atoms with Gasteiger partial charge >= 0.3 is 0 Å². The van der Waals surface area contributed by atoms with E-state index in [0.717, 1.165) is 9.87 Å². The smallest absolute Gasteiger partial charge is 0.242 e. The molecule has 0 aliphatic heterocycles. The molecule has 0 saturated heterocycles. The van der Waals surface area contributed by atoms with Gasteiger partial charge in [-0.05, 0) is 53.9 Å². The quantitative estimate of drug-likeness (QED) is 0.414. The zero-order chi connectivity index (χ0) is 25.6. The molecule has 0 radical (unpaired) electrons. The van der Waals surface area contributed by atoms with Crippen LogP contribution in [0.5, 0.6) is 0 Å². The molecule has 3 aromatic carbocycles. The van der Waals surface area contributed by atoms with Gasteiger partial charge in [-0.3, -0.25) is 4.79 Å². The molecule has 0 aliphatic carbocycles. The van der Waals surface area contributed by atoms with Crippen molar-refractivity contribution in [3.8, 4) is 0 Å². The van der Waals surface area contributed by atoms with Gasteiger partial charge in [-0.2, -0.15) is 4.72 Å². The first-order valence-electron chi connectivity index (χ1n) is 10.6. The molecule has 2 N–H and O–H groups in total. The first-order chi connectivity index (χ1) is 16.5. The molecule has 0 aliphatic rings. The van der Waals surface area contributed by atoms with Crippen LogP contribution < -0.4 is 10.0 Å². The fourth-order valence-electron chi connectivity index (χ4n) is 3.21. The van der Waals surface area contributed by atoms with Crippen LogP contribution in [0.25, 0.3) is 0 Å². The number of carbonyl (C=O) groups excluding carboxylic acids is 1. The first-order valence-corrected chi connectivity index (χ1v) is 13.9. The van der Waals surface area contributed by atoms with Gasteiger partial charge in [0.25, 0.3) is 0 Å². The molecule has 3 aromatic rings. The van der Waals surface area contributed by atoms with E-state index in [1.54, 1.807) is 36.4 Å². The van der Waals surface area contributed by atoms with Crippen molar-refractivity contribution < 1.29 is 21.6 Å². The predicted octanol–water partition coefficient (Wildman–Crippen LogP) is 2.80. The average molecular weight is 536 g/mol. The number of carbonyl (C=O) groups is 1. The van der Waals surface area contributed by atoms with Crippen molar-refractivity contribution in [3.05, 3.63) is 95.0 Å². The standard InChI is InChI=1S/C24H26ClN3O5S2/c1-28(2)35(32,33)22-12-8-19(9-13-22)17-26-24(29)23(16-18-6-4-3-5-7-18)27-34(30,31)21-14-10-20(25)11-15-21/h3-15,23,27H,16-17H2,1-2H3,(H,26,29)/t23-/m1/s1. The Bertz CT molecular complexity index is 1360. The lowest BCUT2D eigenvalue weighted by Gasteiger charge is -2.19. The van der Waals surface area contributed by atoms with Crippen molar-refractivity contribution in [2.24, 2.45) is 0 Å². The first kappa shape index (κ1) is 26.8. The molecule has 1 atom stereocenters. The molecule has 11 heteroatoms. The monoisotopic (exact) mass is 535 g/mol. The molecule has 186 valence electrons. The molecule has 3 rings (SSSR count). The Morgan fingerprint density at radius 2 is 1.40 bits per heavy atom. The van der Waals surface area contributed by atoms with Gasteiger partial charge in [-0.25, -0.2) is 21.1 Å². The van der Waals surface area contributed by atoms with Crippen molar-refractivity contribution in [1.82, 2.24) is 14.3 Å². The molecule has 0 aromatic heterocycles. The lowest BCUT2D eigenvalue weighted by atomic mass is 10.1. The maximum Gasteiger partial charge on any atom is 0.242 e. The van der Waals surface area contributed by atoms with Crippen LogP contribution in [-0.4, -0.2) is 47.2 Å². The molecule has 0 bridgehead atoms. The second-order valence-electron chi connectivity index (χ2n) is 7.97. The summed E-state index contributed by atoms with van der Waals surface area (Å²) < 4.78 is 53.9. The van der Waals surface area contributed by atoms with Crippen molar-refractivity contribution in [2.45, 2.75) is 28.8 Å². The van der Waals surface area contributed by atoms with Gasteiger partial charge in [0.2, 0.25) is 26.0 Å². The lowest BCUT2D eigenvalue weighted by Crippen LogP contribution is -2.47. The Morgan fingerprint density at radius 1 is 0.829 bits per heavy atom. The summed E-state index contributed by atoms with van der Waals surface area (Å²) in [5.41, 5.74) is 1.44. The van der Waals surface area contributed by atoms with E-state index in [-0.39, 0.29) is 22.8 Å². The largest absolute Gasteiger partial charge is 0.351 e. The van der Waals surface area contributed by atoms with Crippen molar-refractivity contribution in [3.63, 3.8) is 0 Å². The third-order valence-corrected chi connectivity index (χ3v) is 8.76. The topological polar surface area (TPSA) is 113 Å². The van der Waals surface area contributed by atoms with Crippen LogP contribution in [0, 0.1) is 0 Å². The van der Waals surface area contributed by atoms with Gasteiger partial charge in [0.05, 0.1) is 9.79 Å². The molecule has 0 fully saturated rings. The maximum atomic E-state index is 13.0. The van der Waals surface area contributed by atoms with E-state index in [0.29, 0.717) is 10.6 Å². The molecule has 35 heavy (non-hydrogen) atoms. The zero-order valence-corrected chi connectivity index (χ0v) is 21.6. The van der Waals surface area contributed by atoms with Crippen LogP contribution in [0.15, 0.2) is 88.7 Å². The average Bonchev–Trinajstić information content (AvgIpc) is 2.83. The third-order valence-electron chi connectivity index (χ3n) is 5.19. The fourth-order valence-corrected chi connectivity index (χ4v) is 5.43. The number of halogens is 1. The van der Waals surface area contributed by atoms with Crippen LogP contribution >= 0.6 is 11.6 Å². The van der Waals surface area contributed by atoms with Crippen LogP contribution in [0.3, 0.4) is 0 Å². The van der Waals surface area contributed by atoms with Gasteiger partial charge in [0, 0.05) is 25.7 Å². The predicted molar refractivity (Wildman–Crippen MR) is 135 cm³/mol. The van der Waals surface area contributed by atoms with E-state index in [4.69, 9.17) is 11.6 Å². The number of rotatable bonds is 10. The van der Waals surface area contributed by atoms with Gasteiger partial charge in [-0.1, -0.05) is 54.1 Å². The SMILES string of the molecule is CN(C)S(=O)(=O)c1ccc(CNC(=O)[C@@H](Cc2ccccc2)NS(=O)(=O)c2ccc(Cl)cc2)cc1. The summed E-state index contributed by atoms with van der Waals surface area (Å²) in [6.45, 7) is 0.0923. The zero-order valence-electron chi connectivity index (χ0n) is 19.2. The van der Waals surface area contributed by atoms with E-state index in [1.165, 1.54) is 50.5 Å². The maximum absolute atomic E-state index is 13.0.